The molecule has 0 unspecified atom stereocenters. The summed E-state index contributed by atoms with van der Waals surface area (Å²) in [6, 6.07) is 17.6. The first-order valence-electron chi connectivity index (χ1n) is 12.3. The lowest BCUT2D eigenvalue weighted by Gasteiger charge is -2.27. The first-order valence-corrected chi connectivity index (χ1v) is 12.3. The summed E-state index contributed by atoms with van der Waals surface area (Å²) in [6.45, 7) is 2.77. The molecule has 2 aromatic rings. The zero-order chi connectivity index (χ0) is 23.6. The van der Waals surface area contributed by atoms with Crippen LogP contribution in [0.1, 0.15) is 73.4 Å². The Labute approximate surface area is 197 Å². The van der Waals surface area contributed by atoms with Crippen molar-refractivity contribution in [2.75, 3.05) is 6.54 Å². The van der Waals surface area contributed by atoms with E-state index in [-0.39, 0.29) is 29.5 Å². The van der Waals surface area contributed by atoms with E-state index in [9.17, 15) is 14.7 Å². The number of likely N-dealkylation sites (tertiary alicyclic amines) is 1. The Kier molecular flexibility index (Phi) is 9.49. The van der Waals surface area contributed by atoms with E-state index in [2.05, 4.69) is 31.2 Å². The largest absolute Gasteiger partial charge is 0.478 e. The lowest BCUT2D eigenvalue weighted by molar-refractivity contribution is -0.129. The number of carboxylic acid groups (broad SMARTS) is 1. The third-order valence-electron chi connectivity index (χ3n) is 6.97. The number of aliphatic hydroxyl groups excluding tert-OH is 1. The lowest BCUT2D eigenvalue weighted by Crippen LogP contribution is -2.35. The van der Waals surface area contributed by atoms with E-state index in [1.807, 2.05) is 23.1 Å². The molecular weight excluding hydrogens is 414 g/mol. The Hall–Kier alpha value is -2.66. The zero-order valence-electron chi connectivity index (χ0n) is 19.7. The standard InChI is InChI=1S/C28H37NO4/c1-21(7-5-6-10-22-8-3-2-4-9-22)26(30)17-15-25-16-18-27(31)29(25)20-19-23-11-13-24(14-12-23)28(32)33/h2-4,8-9,11-14,21,25-26,30H,5-7,10,15-20H2,1H3,(H,32,33)/t21-,25-,26+/m0/s1. The van der Waals surface area contributed by atoms with Gasteiger partial charge in [0.2, 0.25) is 5.91 Å². The normalized spacial score (nSPS) is 17.8. The predicted molar refractivity (Wildman–Crippen MR) is 130 cm³/mol. The van der Waals surface area contributed by atoms with Crippen molar-refractivity contribution in [1.29, 1.82) is 0 Å². The number of amides is 1. The maximum absolute atomic E-state index is 12.4. The van der Waals surface area contributed by atoms with E-state index < -0.39 is 5.97 Å². The van der Waals surface area contributed by atoms with Crippen LogP contribution in [0.25, 0.3) is 0 Å². The Morgan fingerprint density at radius 2 is 1.70 bits per heavy atom. The predicted octanol–water partition coefficient (Wildman–Crippen LogP) is 5.11. The van der Waals surface area contributed by atoms with Crippen molar-refractivity contribution in [2.45, 2.75) is 76.9 Å². The quantitative estimate of drug-likeness (QED) is 0.415. The highest BCUT2D eigenvalue weighted by Crippen LogP contribution is 2.26. The van der Waals surface area contributed by atoms with E-state index in [4.69, 9.17) is 5.11 Å². The van der Waals surface area contributed by atoms with E-state index in [0.29, 0.717) is 19.4 Å². The smallest absolute Gasteiger partial charge is 0.335 e. The fraction of sp³-hybridized carbons (Fsp3) is 0.500. The van der Waals surface area contributed by atoms with Gasteiger partial charge in [-0.2, -0.15) is 0 Å². The minimum absolute atomic E-state index is 0.186. The van der Waals surface area contributed by atoms with Crippen LogP contribution in [0, 0.1) is 5.92 Å². The molecule has 0 saturated carbocycles. The highest BCUT2D eigenvalue weighted by atomic mass is 16.4. The highest BCUT2D eigenvalue weighted by Gasteiger charge is 2.31. The van der Waals surface area contributed by atoms with Crippen LogP contribution in [-0.4, -0.2) is 45.7 Å². The van der Waals surface area contributed by atoms with Crippen molar-refractivity contribution in [2.24, 2.45) is 5.92 Å². The number of carboxylic acids is 1. The molecule has 1 saturated heterocycles. The lowest BCUT2D eigenvalue weighted by atomic mass is 9.92. The number of hydrogen-bond acceptors (Lipinski definition) is 3. The van der Waals surface area contributed by atoms with Crippen molar-refractivity contribution in [3.8, 4) is 0 Å². The van der Waals surface area contributed by atoms with Crippen molar-refractivity contribution < 1.29 is 19.8 Å². The van der Waals surface area contributed by atoms with Gasteiger partial charge in [0.15, 0.2) is 0 Å². The summed E-state index contributed by atoms with van der Waals surface area (Å²) in [6.07, 6.45) is 7.73. The Morgan fingerprint density at radius 1 is 1.00 bits per heavy atom. The maximum atomic E-state index is 12.4. The van der Waals surface area contributed by atoms with Crippen LogP contribution in [0.2, 0.25) is 0 Å². The van der Waals surface area contributed by atoms with Crippen LogP contribution in [0.15, 0.2) is 54.6 Å². The van der Waals surface area contributed by atoms with Gasteiger partial charge in [0, 0.05) is 19.0 Å². The highest BCUT2D eigenvalue weighted by molar-refractivity contribution is 5.87. The number of hydrogen-bond donors (Lipinski definition) is 2. The number of carbonyl (C=O) groups is 2. The number of carbonyl (C=O) groups excluding carboxylic acids is 1. The SMILES string of the molecule is C[C@@H](CCCCc1ccccc1)[C@H](O)CC[C@H]1CCC(=O)N1CCc1ccc(C(=O)O)cc1. The molecule has 178 valence electrons. The van der Waals surface area contributed by atoms with Crippen LogP contribution in [0.3, 0.4) is 0 Å². The molecule has 0 bridgehead atoms. The monoisotopic (exact) mass is 451 g/mol. The number of rotatable bonds is 13. The fourth-order valence-electron chi connectivity index (χ4n) is 4.74. The summed E-state index contributed by atoms with van der Waals surface area (Å²) < 4.78 is 0. The Bertz CT molecular complexity index is 881. The Morgan fingerprint density at radius 3 is 2.39 bits per heavy atom. The van der Waals surface area contributed by atoms with Gasteiger partial charge in [-0.1, -0.05) is 55.8 Å². The summed E-state index contributed by atoms with van der Waals surface area (Å²) in [5, 5.41) is 19.7. The van der Waals surface area contributed by atoms with E-state index in [0.717, 1.165) is 50.5 Å². The van der Waals surface area contributed by atoms with Crippen molar-refractivity contribution in [3.05, 3.63) is 71.3 Å². The molecule has 5 heteroatoms. The first kappa shape index (κ1) is 25.0. The third kappa shape index (κ3) is 7.71. The summed E-state index contributed by atoms with van der Waals surface area (Å²) in [5.41, 5.74) is 2.68. The van der Waals surface area contributed by atoms with Gasteiger partial charge in [-0.3, -0.25) is 4.79 Å². The summed E-state index contributed by atoms with van der Waals surface area (Å²) in [7, 11) is 0. The van der Waals surface area contributed by atoms with Crippen LogP contribution in [0.4, 0.5) is 0 Å². The number of aryl methyl sites for hydroxylation is 1. The number of nitrogens with zero attached hydrogens (tertiary/aromatic N) is 1. The van der Waals surface area contributed by atoms with E-state index in [1.165, 1.54) is 5.56 Å². The number of unbranched alkanes of at least 4 members (excludes halogenated alkanes) is 1. The molecule has 5 nitrogen and oxygen atoms in total. The molecule has 0 radical (unpaired) electrons. The topological polar surface area (TPSA) is 77.8 Å². The average Bonchev–Trinajstić information content (AvgIpc) is 3.18. The van der Waals surface area contributed by atoms with Gasteiger partial charge in [-0.15, -0.1) is 0 Å². The van der Waals surface area contributed by atoms with Crippen molar-refractivity contribution in [1.82, 2.24) is 4.90 Å². The third-order valence-corrected chi connectivity index (χ3v) is 6.97. The zero-order valence-corrected chi connectivity index (χ0v) is 19.7. The first-order chi connectivity index (χ1) is 15.9. The van der Waals surface area contributed by atoms with Gasteiger partial charge < -0.3 is 15.1 Å². The molecule has 33 heavy (non-hydrogen) atoms. The van der Waals surface area contributed by atoms with Crippen LogP contribution in [-0.2, 0) is 17.6 Å². The number of aromatic carboxylic acids is 1. The molecule has 0 aliphatic carbocycles. The molecule has 1 heterocycles. The summed E-state index contributed by atoms with van der Waals surface area (Å²) >= 11 is 0. The summed E-state index contributed by atoms with van der Waals surface area (Å²) in [4.78, 5) is 25.4. The van der Waals surface area contributed by atoms with Crippen molar-refractivity contribution >= 4 is 11.9 Å². The van der Waals surface area contributed by atoms with Gasteiger partial charge in [0.25, 0.3) is 0 Å². The fourth-order valence-corrected chi connectivity index (χ4v) is 4.74. The maximum Gasteiger partial charge on any atom is 0.335 e. The van der Waals surface area contributed by atoms with E-state index >= 15 is 0 Å². The number of aliphatic hydroxyl groups is 1. The second-order valence-corrected chi connectivity index (χ2v) is 9.39. The van der Waals surface area contributed by atoms with Crippen LogP contribution in [0.5, 0.6) is 0 Å². The molecule has 1 aliphatic heterocycles. The van der Waals surface area contributed by atoms with Gasteiger partial charge in [-0.05, 0) is 74.1 Å². The second-order valence-electron chi connectivity index (χ2n) is 9.39. The van der Waals surface area contributed by atoms with Crippen molar-refractivity contribution in [3.63, 3.8) is 0 Å². The minimum atomic E-state index is -0.930. The van der Waals surface area contributed by atoms with Gasteiger partial charge in [-0.25, -0.2) is 4.79 Å². The molecule has 1 amide bonds. The summed E-state index contributed by atoms with van der Waals surface area (Å²) in [5.74, 6) is -0.481. The Balaban J connectivity index is 1.38. The molecule has 3 atom stereocenters. The minimum Gasteiger partial charge on any atom is -0.478 e. The molecule has 1 fully saturated rings. The number of benzene rings is 2. The molecule has 1 aliphatic rings. The average molecular weight is 452 g/mol. The molecule has 2 N–H and O–H groups in total. The molecular formula is C28H37NO4. The second kappa shape index (κ2) is 12.5. The van der Waals surface area contributed by atoms with Gasteiger partial charge in [0.05, 0.1) is 11.7 Å². The molecule has 0 aromatic heterocycles. The van der Waals surface area contributed by atoms with E-state index in [1.54, 1.807) is 12.1 Å². The van der Waals surface area contributed by atoms with Crippen LogP contribution >= 0.6 is 0 Å². The van der Waals surface area contributed by atoms with Gasteiger partial charge in [0.1, 0.15) is 0 Å². The van der Waals surface area contributed by atoms with Crippen LogP contribution < -0.4 is 0 Å². The molecule has 0 spiro atoms. The molecule has 2 aromatic carbocycles. The molecule has 3 rings (SSSR count). The van der Waals surface area contributed by atoms with Gasteiger partial charge >= 0.3 is 5.97 Å².